The number of hydrogen-bond donors (Lipinski definition) is 1. The maximum Gasteiger partial charge on any atom is 0.251 e. The number of benzene rings is 3. The number of aryl methyl sites for hydroxylation is 1. The Bertz CT molecular complexity index is 1420. The van der Waals surface area contributed by atoms with Crippen molar-refractivity contribution >= 4 is 16.9 Å². The van der Waals surface area contributed by atoms with Crippen molar-refractivity contribution in [2.24, 2.45) is 0 Å². The minimum atomic E-state index is -0.226. The fourth-order valence-corrected chi connectivity index (χ4v) is 4.69. The van der Waals surface area contributed by atoms with E-state index in [1.807, 2.05) is 42.5 Å². The van der Waals surface area contributed by atoms with Crippen molar-refractivity contribution in [1.82, 2.24) is 14.9 Å². The fourth-order valence-electron chi connectivity index (χ4n) is 4.69. The number of aromatic nitrogens is 2. The highest BCUT2D eigenvalue weighted by atomic mass is 16.5. The summed E-state index contributed by atoms with van der Waals surface area (Å²) >= 11 is 0. The summed E-state index contributed by atoms with van der Waals surface area (Å²) in [5.74, 6) is 2.93. The van der Waals surface area contributed by atoms with Gasteiger partial charge in [0.05, 0.1) is 39.0 Å². The Morgan fingerprint density at radius 1 is 0.950 bits per heavy atom. The van der Waals surface area contributed by atoms with E-state index >= 15 is 0 Å². The molecular weight excluding hydrogens is 506 g/mol. The van der Waals surface area contributed by atoms with Crippen LogP contribution in [0.2, 0.25) is 0 Å². The van der Waals surface area contributed by atoms with E-state index < -0.39 is 0 Å². The van der Waals surface area contributed by atoms with E-state index in [0.717, 1.165) is 54.0 Å². The Morgan fingerprint density at radius 3 is 2.40 bits per heavy atom. The number of allylic oxidation sites excluding steroid dienone is 1. The number of methoxy groups -OCH3 is 3. The van der Waals surface area contributed by atoms with Gasteiger partial charge in [0.25, 0.3) is 5.91 Å². The quantitative estimate of drug-likeness (QED) is 0.155. The largest absolute Gasteiger partial charge is 0.493 e. The topological polar surface area (TPSA) is 83.8 Å². The van der Waals surface area contributed by atoms with Crippen LogP contribution in [0, 0.1) is 0 Å². The van der Waals surface area contributed by atoms with Gasteiger partial charge in [0.1, 0.15) is 11.6 Å². The molecule has 8 heteroatoms. The van der Waals surface area contributed by atoms with E-state index in [9.17, 15) is 4.79 Å². The highest BCUT2D eigenvalue weighted by Crippen LogP contribution is 2.38. The molecule has 210 valence electrons. The van der Waals surface area contributed by atoms with Crippen molar-refractivity contribution in [3.63, 3.8) is 0 Å². The zero-order valence-corrected chi connectivity index (χ0v) is 23.4. The van der Waals surface area contributed by atoms with Crippen molar-refractivity contribution in [2.75, 3.05) is 34.5 Å². The summed E-state index contributed by atoms with van der Waals surface area (Å²) in [6.07, 6.45) is 5.12. The summed E-state index contributed by atoms with van der Waals surface area (Å²) in [5.41, 5.74) is 3.61. The standard InChI is InChI=1S/C32H37N3O5/c1-5-12-23-13-6-9-16-27(23)40-20-11-10-19-35-26-15-8-7-14-25(26)34-30(35)17-18-33-32(36)24-21-28(37-2)31(39-4)29(22-24)38-3/h5-9,13-16,21-22H,1,10-12,17-20H2,2-4H3,(H,33,36). The van der Waals surface area contributed by atoms with E-state index in [2.05, 4.69) is 28.6 Å². The van der Waals surface area contributed by atoms with Gasteiger partial charge in [0.15, 0.2) is 11.5 Å². The maximum absolute atomic E-state index is 12.9. The van der Waals surface area contributed by atoms with Gasteiger partial charge in [-0.1, -0.05) is 36.4 Å². The lowest BCUT2D eigenvalue weighted by Gasteiger charge is -2.14. The summed E-state index contributed by atoms with van der Waals surface area (Å²) in [7, 11) is 4.58. The number of nitrogens with one attached hydrogen (secondary N) is 1. The van der Waals surface area contributed by atoms with Gasteiger partial charge >= 0.3 is 0 Å². The Kier molecular flexibility index (Phi) is 10.0. The number of carbonyl (C=O) groups excluding carboxylic acids is 1. The molecule has 0 aliphatic heterocycles. The summed E-state index contributed by atoms with van der Waals surface area (Å²) in [5, 5.41) is 3.00. The molecule has 1 amide bonds. The number of unbranched alkanes of at least 4 members (excludes halogenated alkanes) is 1. The first-order valence-electron chi connectivity index (χ1n) is 13.4. The van der Waals surface area contributed by atoms with Crippen molar-refractivity contribution in [2.45, 2.75) is 32.2 Å². The van der Waals surface area contributed by atoms with Crippen LogP contribution in [0.25, 0.3) is 11.0 Å². The monoisotopic (exact) mass is 543 g/mol. The van der Waals surface area contributed by atoms with Crippen LogP contribution in [0.1, 0.15) is 34.6 Å². The highest BCUT2D eigenvalue weighted by Gasteiger charge is 2.17. The Hall–Kier alpha value is -4.46. The minimum Gasteiger partial charge on any atom is -0.493 e. The van der Waals surface area contributed by atoms with Crippen molar-refractivity contribution in [1.29, 1.82) is 0 Å². The van der Waals surface area contributed by atoms with Crippen LogP contribution >= 0.6 is 0 Å². The molecule has 0 unspecified atom stereocenters. The van der Waals surface area contributed by atoms with Crippen molar-refractivity contribution in [3.05, 3.63) is 90.3 Å². The Balaban J connectivity index is 1.37. The first kappa shape index (κ1) is 28.5. The predicted molar refractivity (Wildman–Crippen MR) is 157 cm³/mol. The van der Waals surface area contributed by atoms with Gasteiger partial charge in [-0.2, -0.15) is 0 Å². The van der Waals surface area contributed by atoms with Crippen molar-refractivity contribution < 1.29 is 23.7 Å². The average Bonchev–Trinajstić information content (AvgIpc) is 3.34. The molecule has 0 bridgehead atoms. The molecule has 0 fully saturated rings. The molecule has 1 N–H and O–H groups in total. The lowest BCUT2D eigenvalue weighted by atomic mass is 10.1. The third-order valence-corrected chi connectivity index (χ3v) is 6.67. The van der Waals surface area contributed by atoms with Crippen LogP contribution < -0.4 is 24.3 Å². The number of amides is 1. The zero-order valence-electron chi connectivity index (χ0n) is 23.4. The van der Waals surface area contributed by atoms with Crippen LogP contribution in [-0.2, 0) is 19.4 Å². The molecule has 0 radical (unpaired) electrons. The van der Waals surface area contributed by atoms with Gasteiger partial charge in [0, 0.05) is 25.1 Å². The van der Waals surface area contributed by atoms with Crippen LogP contribution in [0.5, 0.6) is 23.0 Å². The summed E-state index contributed by atoms with van der Waals surface area (Å²) in [4.78, 5) is 17.8. The van der Waals surface area contributed by atoms with Crippen LogP contribution in [0.3, 0.4) is 0 Å². The molecule has 0 spiro atoms. The van der Waals surface area contributed by atoms with E-state index in [1.165, 1.54) is 21.3 Å². The molecule has 8 nitrogen and oxygen atoms in total. The van der Waals surface area contributed by atoms with E-state index in [-0.39, 0.29) is 5.91 Å². The number of nitrogens with zero attached hydrogens (tertiary/aromatic N) is 2. The van der Waals surface area contributed by atoms with E-state index in [4.69, 9.17) is 23.9 Å². The van der Waals surface area contributed by atoms with Gasteiger partial charge in [-0.05, 0) is 55.2 Å². The van der Waals surface area contributed by atoms with Crippen LogP contribution in [0.4, 0.5) is 0 Å². The molecule has 3 aromatic carbocycles. The molecular formula is C32H37N3O5. The number of carbonyl (C=O) groups is 1. The molecule has 1 heterocycles. The highest BCUT2D eigenvalue weighted by molar-refractivity contribution is 5.95. The Labute approximate surface area is 235 Å². The molecule has 4 rings (SSSR count). The second-order valence-electron chi connectivity index (χ2n) is 9.24. The molecule has 0 aliphatic rings. The van der Waals surface area contributed by atoms with E-state index in [1.54, 1.807) is 12.1 Å². The number of ether oxygens (including phenoxy) is 4. The molecule has 0 saturated carbocycles. The smallest absolute Gasteiger partial charge is 0.251 e. The SMILES string of the molecule is C=CCc1ccccc1OCCCCn1c(CCNC(=O)c2cc(OC)c(OC)c(OC)c2)nc2ccccc21. The Morgan fingerprint density at radius 2 is 1.68 bits per heavy atom. The summed E-state index contributed by atoms with van der Waals surface area (Å²) in [6.45, 7) is 5.72. The fraction of sp³-hybridized carbons (Fsp3) is 0.312. The van der Waals surface area contributed by atoms with Crippen molar-refractivity contribution in [3.8, 4) is 23.0 Å². The van der Waals surface area contributed by atoms with Gasteiger partial charge in [-0.15, -0.1) is 6.58 Å². The lowest BCUT2D eigenvalue weighted by Crippen LogP contribution is -2.26. The summed E-state index contributed by atoms with van der Waals surface area (Å²) < 4.78 is 24.4. The van der Waals surface area contributed by atoms with Crippen LogP contribution in [0.15, 0.2) is 73.3 Å². The molecule has 0 aliphatic carbocycles. The van der Waals surface area contributed by atoms with Gasteiger partial charge in [-0.3, -0.25) is 4.79 Å². The third kappa shape index (κ3) is 6.75. The zero-order chi connectivity index (χ0) is 28.3. The third-order valence-electron chi connectivity index (χ3n) is 6.67. The average molecular weight is 544 g/mol. The minimum absolute atomic E-state index is 0.226. The summed E-state index contributed by atoms with van der Waals surface area (Å²) in [6, 6.07) is 19.5. The normalized spacial score (nSPS) is 10.8. The van der Waals surface area contributed by atoms with E-state index in [0.29, 0.717) is 42.4 Å². The van der Waals surface area contributed by atoms with Gasteiger partial charge < -0.3 is 28.8 Å². The van der Waals surface area contributed by atoms with Gasteiger partial charge in [-0.25, -0.2) is 4.98 Å². The molecule has 4 aromatic rings. The maximum atomic E-state index is 12.9. The van der Waals surface area contributed by atoms with Crippen LogP contribution in [-0.4, -0.2) is 49.9 Å². The number of para-hydroxylation sites is 3. The molecule has 1 aromatic heterocycles. The second-order valence-corrected chi connectivity index (χ2v) is 9.24. The lowest BCUT2D eigenvalue weighted by molar-refractivity contribution is 0.0953. The molecule has 0 saturated heterocycles. The molecule has 40 heavy (non-hydrogen) atoms. The number of fused-ring (bicyclic) bond motifs is 1. The first-order chi connectivity index (χ1) is 19.6. The second kappa shape index (κ2) is 14.1. The predicted octanol–water partition coefficient (Wildman–Crippen LogP) is 5.62. The first-order valence-corrected chi connectivity index (χ1v) is 13.4. The number of imidazole rings is 1. The number of hydrogen-bond acceptors (Lipinski definition) is 6. The van der Waals surface area contributed by atoms with Gasteiger partial charge in [0.2, 0.25) is 5.75 Å². The number of rotatable bonds is 15. The molecule has 0 atom stereocenters.